The predicted molar refractivity (Wildman–Crippen MR) is 225 cm³/mol. The van der Waals surface area contributed by atoms with E-state index in [4.69, 9.17) is 18.9 Å². The van der Waals surface area contributed by atoms with Crippen LogP contribution in [0.1, 0.15) is 99.5 Å². The standard InChI is InChI=1S/C43H64N6O8S/c1-43(2,3)57-42(51)44-21-24-46(4)33-27-49-36-25-31(41(50)45-58(52,53)47(5)28-37(54-6)55-7)19-20-34(36)38(30-15-10-8-11-16-30)39(49)35-18-14-17-32(40(35)56-29-33)26-48-22-12-9-13-23-48/h14,17-20,25,30,33,37H,8-13,15-16,21-24,26-29H2,1-7H3,(H,44,51)(H,45,50)/t33-/m1/s1. The Hall–Kier alpha value is -3.73. The monoisotopic (exact) mass is 824 g/mol. The van der Waals surface area contributed by atoms with Crippen molar-refractivity contribution in [3.8, 4) is 17.0 Å². The lowest BCUT2D eigenvalue weighted by Crippen LogP contribution is -2.45. The van der Waals surface area contributed by atoms with Crippen LogP contribution < -0.4 is 14.8 Å². The van der Waals surface area contributed by atoms with Gasteiger partial charge in [-0.1, -0.05) is 43.9 Å². The number of likely N-dealkylation sites (N-methyl/N-ethyl adjacent to an activating group) is 2. The molecule has 1 saturated heterocycles. The molecule has 0 radical (unpaired) electrons. The van der Waals surface area contributed by atoms with Crippen molar-refractivity contribution in [3.05, 3.63) is 53.1 Å². The number of carbonyl (C=O) groups excluding carboxylic acids is 2. The Kier molecular flexibility index (Phi) is 14.4. The average molecular weight is 825 g/mol. The maximum atomic E-state index is 13.8. The van der Waals surface area contributed by atoms with Gasteiger partial charge in [-0.3, -0.25) is 14.6 Å². The van der Waals surface area contributed by atoms with Gasteiger partial charge in [0.05, 0.1) is 18.3 Å². The number of nitrogens with zero attached hydrogens (tertiary/aromatic N) is 4. The molecule has 0 bridgehead atoms. The summed E-state index contributed by atoms with van der Waals surface area (Å²) in [4.78, 5) is 31.1. The van der Waals surface area contributed by atoms with Crippen molar-refractivity contribution in [2.24, 2.45) is 0 Å². The van der Waals surface area contributed by atoms with Crippen molar-refractivity contribution in [2.75, 3.05) is 67.6 Å². The quantitative estimate of drug-likeness (QED) is 0.184. The van der Waals surface area contributed by atoms with Gasteiger partial charge in [0.25, 0.3) is 5.91 Å². The minimum atomic E-state index is -4.22. The van der Waals surface area contributed by atoms with Crippen molar-refractivity contribution in [1.29, 1.82) is 0 Å². The van der Waals surface area contributed by atoms with Crippen LogP contribution >= 0.6 is 0 Å². The number of fused-ring (bicyclic) bond motifs is 5. The first-order valence-corrected chi connectivity index (χ1v) is 22.3. The number of alkyl carbamates (subject to hydrolysis) is 1. The van der Waals surface area contributed by atoms with Crippen LogP contribution in [-0.4, -0.2) is 125 Å². The summed E-state index contributed by atoms with van der Waals surface area (Å²) in [6.07, 6.45) is 8.00. The van der Waals surface area contributed by atoms with Crippen molar-refractivity contribution in [1.82, 2.24) is 28.7 Å². The molecule has 2 amide bonds. The molecule has 0 unspecified atom stereocenters. The molecular formula is C43H64N6O8S. The second-order valence-corrected chi connectivity index (χ2v) is 18.8. The molecule has 1 aromatic heterocycles. The summed E-state index contributed by atoms with van der Waals surface area (Å²) in [5.74, 6) is 0.467. The first-order chi connectivity index (χ1) is 27.7. The second kappa shape index (κ2) is 19.1. The van der Waals surface area contributed by atoms with Crippen molar-refractivity contribution in [2.45, 2.75) is 109 Å². The van der Waals surface area contributed by atoms with E-state index >= 15 is 0 Å². The van der Waals surface area contributed by atoms with Crippen LogP contribution in [0, 0.1) is 0 Å². The number of piperidine rings is 1. The van der Waals surface area contributed by atoms with Crippen molar-refractivity contribution < 1.29 is 37.0 Å². The molecule has 320 valence electrons. The van der Waals surface area contributed by atoms with Gasteiger partial charge >= 0.3 is 16.3 Å². The summed E-state index contributed by atoms with van der Waals surface area (Å²) >= 11 is 0. The molecule has 1 atom stereocenters. The summed E-state index contributed by atoms with van der Waals surface area (Å²) in [5, 5.41) is 3.96. The van der Waals surface area contributed by atoms with Gasteiger partial charge in [0.2, 0.25) is 0 Å². The minimum Gasteiger partial charge on any atom is -0.491 e. The maximum Gasteiger partial charge on any atom is 0.407 e. The van der Waals surface area contributed by atoms with Gasteiger partial charge in [-0.25, -0.2) is 9.52 Å². The molecule has 2 aliphatic heterocycles. The van der Waals surface area contributed by atoms with Crippen LogP contribution in [-0.2, 0) is 37.5 Å². The van der Waals surface area contributed by atoms with Gasteiger partial charge < -0.3 is 28.8 Å². The SMILES string of the molecule is COC(CN(C)S(=O)(=O)NC(=O)c1ccc2c(C3CCCCC3)c3n(c2c1)C[C@@H](N(C)CCNC(=O)OC(C)(C)C)COc1c(CN2CCCCC2)cccc1-3)OC. The van der Waals surface area contributed by atoms with Gasteiger partial charge in [-0.05, 0) is 96.3 Å². The number of amides is 2. The molecule has 3 aliphatic rings. The average Bonchev–Trinajstić information content (AvgIpc) is 3.49. The first kappa shape index (κ1) is 43.8. The predicted octanol–water partition coefficient (Wildman–Crippen LogP) is 6.08. The van der Waals surface area contributed by atoms with E-state index < -0.39 is 34.1 Å². The molecule has 14 nitrogen and oxygen atoms in total. The van der Waals surface area contributed by atoms with Gasteiger partial charge in [0, 0.05) is 75.0 Å². The lowest BCUT2D eigenvalue weighted by atomic mass is 9.81. The molecule has 6 rings (SSSR count). The molecule has 2 aromatic carbocycles. The van der Waals surface area contributed by atoms with Gasteiger partial charge in [0.15, 0.2) is 6.29 Å². The van der Waals surface area contributed by atoms with Crippen LogP contribution in [0.15, 0.2) is 36.4 Å². The minimum absolute atomic E-state index is 0.102. The van der Waals surface area contributed by atoms with Crippen LogP contribution in [0.3, 0.4) is 0 Å². The molecule has 0 spiro atoms. The number of aromatic nitrogens is 1. The third-order valence-corrected chi connectivity index (χ3v) is 13.1. The summed E-state index contributed by atoms with van der Waals surface area (Å²) in [7, 11) is 2.05. The Morgan fingerprint density at radius 3 is 2.38 bits per heavy atom. The zero-order valence-corrected chi connectivity index (χ0v) is 36.3. The van der Waals surface area contributed by atoms with Gasteiger partial charge in [0.1, 0.15) is 18.0 Å². The number of ether oxygens (including phenoxy) is 4. The lowest BCUT2D eigenvalue weighted by Gasteiger charge is -2.34. The molecule has 1 aliphatic carbocycles. The second-order valence-electron chi connectivity index (χ2n) is 17.1. The highest BCUT2D eigenvalue weighted by Crippen LogP contribution is 2.48. The van der Waals surface area contributed by atoms with E-state index in [1.54, 1.807) is 6.07 Å². The van der Waals surface area contributed by atoms with Crippen LogP contribution in [0.5, 0.6) is 5.75 Å². The Labute approximate surface area is 344 Å². The Balaban J connectivity index is 1.43. The van der Waals surface area contributed by atoms with E-state index in [1.165, 1.54) is 52.5 Å². The smallest absolute Gasteiger partial charge is 0.407 e. The van der Waals surface area contributed by atoms with E-state index in [2.05, 4.69) is 42.6 Å². The number of para-hydroxylation sites is 1. The van der Waals surface area contributed by atoms with E-state index in [0.29, 0.717) is 32.2 Å². The molecule has 2 N–H and O–H groups in total. The van der Waals surface area contributed by atoms with Gasteiger partial charge in [-0.2, -0.15) is 12.7 Å². The highest BCUT2D eigenvalue weighted by Gasteiger charge is 2.33. The first-order valence-electron chi connectivity index (χ1n) is 20.8. The molecule has 2 fully saturated rings. The van der Waals surface area contributed by atoms with E-state index in [9.17, 15) is 18.0 Å². The van der Waals surface area contributed by atoms with Crippen molar-refractivity contribution in [3.63, 3.8) is 0 Å². The third kappa shape index (κ3) is 10.5. The fourth-order valence-electron chi connectivity index (χ4n) is 8.57. The number of likely N-dealkylation sites (tertiary alicyclic amines) is 1. The Morgan fingerprint density at radius 2 is 1.69 bits per heavy atom. The highest BCUT2D eigenvalue weighted by molar-refractivity contribution is 7.87. The number of nitrogens with one attached hydrogen (secondary N) is 2. The van der Waals surface area contributed by atoms with Crippen LogP contribution in [0.4, 0.5) is 4.79 Å². The van der Waals surface area contributed by atoms with Crippen LogP contribution in [0.2, 0.25) is 0 Å². The normalized spacial score (nSPS) is 18.4. The third-order valence-electron chi connectivity index (χ3n) is 11.7. The van der Waals surface area contributed by atoms with Crippen LogP contribution in [0.25, 0.3) is 22.2 Å². The lowest BCUT2D eigenvalue weighted by molar-refractivity contribution is -0.106. The number of hydrogen-bond donors (Lipinski definition) is 2. The Morgan fingerprint density at radius 1 is 0.983 bits per heavy atom. The fraction of sp³-hybridized carbons (Fsp3) is 0.628. The Bertz CT molecular complexity index is 2000. The summed E-state index contributed by atoms with van der Waals surface area (Å²) in [6, 6.07) is 11.9. The topological polar surface area (TPSA) is 144 Å². The molecule has 1 saturated carbocycles. The number of rotatable bonds is 14. The fourth-order valence-corrected chi connectivity index (χ4v) is 9.40. The number of benzene rings is 2. The molecular weight excluding hydrogens is 761 g/mol. The summed E-state index contributed by atoms with van der Waals surface area (Å²) in [6.45, 7) is 10.2. The van der Waals surface area contributed by atoms with E-state index in [-0.39, 0.29) is 18.2 Å². The number of carbonyl (C=O) groups is 2. The summed E-state index contributed by atoms with van der Waals surface area (Å²) < 4.78 is 55.1. The molecule has 15 heteroatoms. The highest BCUT2D eigenvalue weighted by atomic mass is 32.2. The van der Waals surface area contributed by atoms with E-state index in [0.717, 1.165) is 83.1 Å². The van der Waals surface area contributed by atoms with Crippen molar-refractivity contribution >= 4 is 33.1 Å². The van der Waals surface area contributed by atoms with Gasteiger partial charge in [-0.15, -0.1) is 0 Å². The largest absolute Gasteiger partial charge is 0.491 e. The maximum absolute atomic E-state index is 13.8. The number of methoxy groups -OCH3 is 2. The molecule has 3 heterocycles. The zero-order valence-electron chi connectivity index (χ0n) is 35.5. The zero-order chi connectivity index (χ0) is 41.6. The molecule has 3 aromatic rings. The number of hydrogen-bond acceptors (Lipinski definition) is 10. The molecule has 58 heavy (non-hydrogen) atoms. The summed E-state index contributed by atoms with van der Waals surface area (Å²) in [5.41, 5.74) is 5.05. The van der Waals surface area contributed by atoms with E-state index in [1.807, 2.05) is 40.0 Å².